The Morgan fingerprint density at radius 2 is 2.03 bits per heavy atom. The van der Waals surface area contributed by atoms with Crippen molar-refractivity contribution in [3.05, 3.63) is 35.4 Å². The number of nitrogens with one attached hydrogen (secondary N) is 2. The van der Waals surface area contributed by atoms with Gasteiger partial charge in [-0.15, -0.1) is 34.2 Å². The summed E-state index contributed by atoms with van der Waals surface area (Å²) in [5, 5.41) is 15.3. The van der Waals surface area contributed by atoms with Gasteiger partial charge < -0.3 is 24.7 Å². The van der Waals surface area contributed by atoms with Crippen molar-refractivity contribution in [1.29, 1.82) is 0 Å². The predicted octanol–water partition coefficient (Wildman–Crippen LogP) is 2.48. The van der Waals surface area contributed by atoms with E-state index in [4.69, 9.17) is 14.5 Å². The first-order valence-electron chi connectivity index (χ1n) is 10.9. The fourth-order valence-electron chi connectivity index (χ4n) is 3.85. The van der Waals surface area contributed by atoms with Crippen molar-refractivity contribution < 1.29 is 9.47 Å². The Morgan fingerprint density at radius 3 is 2.69 bits per heavy atom. The fraction of sp³-hybridized carbons (Fsp3) is 0.591. The number of aromatic nitrogens is 3. The number of nitrogens with zero attached hydrogens (tertiary/aromatic N) is 5. The smallest absolute Gasteiger partial charge is 0.192 e. The Kier molecular flexibility index (Phi) is 10.5. The molecular weight excluding hydrogens is 521 g/mol. The Morgan fingerprint density at radius 1 is 1.22 bits per heavy atom. The largest absolute Gasteiger partial charge is 0.497 e. The van der Waals surface area contributed by atoms with E-state index in [0.29, 0.717) is 19.1 Å². The zero-order valence-electron chi connectivity index (χ0n) is 19.7. The van der Waals surface area contributed by atoms with E-state index < -0.39 is 0 Å². The molecule has 2 N–H and O–H groups in total. The third kappa shape index (κ3) is 6.71. The summed E-state index contributed by atoms with van der Waals surface area (Å²) in [7, 11) is 5.28. The molecule has 0 spiro atoms. The maximum atomic E-state index is 5.52. The standard InChI is InChI=1S/C22H35N7O2.HI/c1-6-29-11-7-8-18(29)14-24-22(25-15-21-27-26-16(2)28(21)3)23-13-17-9-10-19(30-4)12-20(17)31-5;/h9-10,12,18H,6-8,11,13-15H2,1-5H3,(H2,23,24,25);1H. The first kappa shape index (κ1) is 26.2. The molecule has 1 aromatic carbocycles. The normalized spacial score (nSPS) is 16.5. The first-order valence-corrected chi connectivity index (χ1v) is 10.9. The van der Waals surface area contributed by atoms with Crippen molar-refractivity contribution in [2.45, 2.75) is 45.8 Å². The second-order valence-corrected chi connectivity index (χ2v) is 7.72. The van der Waals surface area contributed by atoms with Crippen molar-refractivity contribution in [3.63, 3.8) is 0 Å². The van der Waals surface area contributed by atoms with Gasteiger partial charge in [0.05, 0.1) is 27.3 Å². The number of rotatable bonds is 9. The van der Waals surface area contributed by atoms with Crippen LogP contribution in [0.25, 0.3) is 0 Å². The average molecular weight is 557 g/mol. The van der Waals surface area contributed by atoms with E-state index in [1.165, 1.54) is 19.4 Å². The zero-order valence-corrected chi connectivity index (χ0v) is 22.1. The minimum atomic E-state index is 0. The maximum Gasteiger partial charge on any atom is 0.192 e. The van der Waals surface area contributed by atoms with E-state index in [9.17, 15) is 0 Å². The van der Waals surface area contributed by atoms with Crippen LogP contribution in [0.5, 0.6) is 11.5 Å². The van der Waals surface area contributed by atoms with Crippen molar-refractivity contribution in [1.82, 2.24) is 30.3 Å². The first-order chi connectivity index (χ1) is 15.0. The maximum absolute atomic E-state index is 5.52. The van der Waals surface area contributed by atoms with Crippen LogP contribution in [0.1, 0.15) is 37.0 Å². The number of likely N-dealkylation sites (N-methyl/N-ethyl adjacent to an activating group) is 1. The number of methoxy groups -OCH3 is 2. The highest BCUT2D eigenvalue weighted by Gasteiger charge is 2.23. The average Bonchev–Trinajstić information content (AvgIpc) is 3.39. The molecule has 1 saturated heterocycles. The minimum absolute atomic E-state index is 0. The Hall–Kier alpha value is -2.08. The van der Waals surface area contributed by atoms with Gasteiger partial charge >= 0.3 is 0 Å². The molecule has 1 aromatic heterocycles. The highest BCUT2D eigenvalue weighted by molar-refractivity contribution is 14.0. The van der Waals surface area contributed by atoms with Gasteiger partial charge in [0.2, 0.25) is 0 Å². The summed E-state index contributed by atoms with van der Waals surface area (Å²) in [6.07, 6.45) is 2.46. The number of aryl methyl sites for hydroxylation is 1. The molecule has 1 aliphatic heterocycles. The Labute approximate surface area is 208 Å². The van der Waals surface area contributed by atoms with Crippen LogP contribution >= 0.6 is 24.0 Å². The van der Waals surface area contributed by atoms with Crippen LogP contribution in [0, 0.1) is 6.92 Å². The Bertz CT molecular complexity index is 887. The highest BCUT2D eigenvalue weighted by atomic mass is 127. The molecule has 0 amide bonds. The molecule has 0 saturated carbocycles. The highest BCUT2D eigenvalue weighted by Crippen LogP contribution is 2.25. The van der Waals surface area contributed by atoms with Gasteiger partial charge in [0.15, 0.2) is 11.8 Å². The summed E-state index contributed by atoms with van der Waals surface area (Å²) in [6, 6.07) is 6.32. The lowest BCUT2D eigenvalue weighted by Crippen LogP contribution is -2.44. The molecule has 1 fully saturated rings. The second kappa shape index (κ2) is 12.8. The molecule has 178 valence electrons. The number of halogens is 1. The van der Waals surface area contributed by atoms with Crippen LogP contribution in [0.15, 0.2) is 23.2 Å². The summed E-state index contributed by atoms with van der Waals surface area (Å²) < 4.78 is 12.8. The SMILES string of the molecule is CCN1CCCC1CNC(=NCc1ccc(OC)cc1OC)NCc1nnc(C)n1C.I. The van der Waals surface area contributed by atoms with Gasteiger partial charge in [0.25, 0.3) is 0 Å². The summed E-state index contributed by atoms with van der Waals surface area (Å²) in [4.78, 5) is 7.34. The Balaban J connectivity index is 0.00000363. The third-order valence-corrected chi connectivity index (χ3v) is 5.91. The van der Waals surface area contributed by atoms with Gasteiger partial charge in [-0.1, -0.05) is 6.92 Å². The molecule has 10 heteroatoms. The molecular formula is C22H36IN7O2. The topological polar surface area (TPSA) is 88.8 Å². The minimum Gasteiger partial charge on any atom is -0.497 e. The quantitative estimate of drug-likeness (QED) is 0.278. The zero-order chi connectivity index (χ0) is 22.2. The van der Waals surface area contributed by atoms with Gasteiger partial charge in [-0.25, -0.2) is 4.99 Å². The van der Waals surface area contributed by atoms with Gasteiger partial charge in [0, 0.05) is 31.3 Å². The molecule has 3 rings (SSSR count). The lowest BCUT2D eigenvalue weighted by molar-refractivity contribution is 0.267. The third-order valence-electron chi connectivity index (χ3n) is 5.91. The molecule has 1 atom stereocenters. The molecule has 0 aliphatic carbocycles. The van der Waals surface area contributed by atoms with Crippen LogP contribution in [0.4, 0.5) is 0 Å². The van der Waals surface area contributed by atoms with Crippen LogP contribution in [0.3, 0.4) is 0 Å². The van der Waals surface area contributed by atoms with Gasteiger partial charge in [0.1, 0.15) is 17.3 Å². The van der Waals surface area contributed by atoms with Gasteiger partial charge in [-0.05, 0) is 45.0 Å². The number of aliphatic imine (C=N–C) groups is 1. The van der Waals surface area contributed by atoms with E-state index in [1.54, 1.807) is 14.2 Å². The van der Waals surface area contributed by atoms with Crippen molar-refractivity contribution in [2.75, 3.05) is 33.9 Å². The monoisotopic (exact) mass is 557 g/mol. The predicted molar refractivity (Wildman–Crippen MR) is 137 cm³/mol. The number of likely N-dealkylation sites (tertiary alicyclic amines) is 1. The molecule has 1 aliphatic rings. The lowest BCUT2D eigenvalue weighted by atomic mass is 10.2. The van der Waals surface area contributed by atoms with Crippen LogP contribution < -0.4 is 20.1 Å². The van der Waals surface area contributed by atoms with Crippen molar-refractivity contribution in [3.8, 4) is 11.5 Å². The molecule has 9 nitrogen and oxygen atoms in total. The van der Waals surface area contributed by atoms with Gasteiger partial charge in [-0.3, -0.25) is 4.90 Å². The number of guanidine groups is 1. The number of benzene rings is 1. The van der Waals surface area contributed by atoms with Crippen molar-refractivity contribution >= 4 is 29.9 Å². The van der Waals surface area contributed by atoms with E-state index >= 15 is 0 Å². The number of hydrogen-bond donors (Lipinski definition) is 2. The molecule has 2 heterocycles. The molecule has 2 aromatic rings. The van der Waals surface area contributed by atoms with E-state index in [-0.39, 0.29) is 24.0 Å². The second-order valence-electron chi connectivity index (χ2n) is 7.72. The van der Waals surface area contributed by atoms with Gasteiger partial charge in [-0.2, -0.15) is 0 Å². The lowest BCUT2D eigenvalue weighted by Gasteiger charge is -2.24. The van der Waals surface area contributed by atoms with Crippen molar-refractivity contribution in [2.24, 2.45) is 12.0 Å². The van der Waals surface area contributed by atoms with E-state index in [1.807, 2.05) is 36.7 Å². The molecule has 0 bridgehead atoms. The van der Waals surface area contributed by atoms with Crippen LogP contribution in [-0.4, -0.2) is 65.5 Å². The number of hydrogen-bond acceptors (Lipinski definition) is 6. The fourth-order valence-corrected chi connectivity index (χ4v) is 3.85. The van der Waals surface area contributed by atoms with Crippen LogP contribution in [-0.2, 0) is 20.1 Å². The summed E-state index contributed by atoms with van der Waals surface area (Å²) >= 11 is 0. The van der Waals surface area contributed by atoms with E-state index in [0.717, 1.165) is 47.8 Å². The molecule has 1 unspecified atom stereocenters. The molecule has 0 radical (unpaired) electrons. The summed E-state index contributed by atoms with van der Waals surface area (Å²) in [6.45, 7) is 8.30. The summed E-state index contributed by atoms with van der Waals surface area (Å²) in [5.41, 5.74) is 0.995. The molecule has 32 heavy (non-hydrogen) atoms. The van der Waals surface area contributed by atoms with Crippen LogP contribution in [0.2, 0.25) is 0 Å². The number of ether oxygens (including phenoxy) is 2. The van der Waals surface area contributed by atoms with E-state index in [2.05, 4.69) is 32.7 Å². The summed E-state index contributed by atoms with van der Waals surface area (Å²) in [5.74, 6) is 4.03.